The van der Waals surface area contributed by atoms with Crippen molar-refractivity contribution in [1.82, 2.24) is 9.78 Å². The van der Waals surface area contributed by atoms with Crippen LogP contribution in [0, 0.1) is 0 Å². The van der Waals surface area contributed by atoms with Gasteiger partial charge in [-0.3, -0.25) is 4.68 Å². The Labute approximate surface area is 121 Å². The van der Waals surface area contributed by atoms with Gasteiger partial charge in [0, 0.05) is 18.7 Å². The Bertz CT molecular complexity index is 530. The Morgan fingerprint density at radius 3 is 2.45 bits per heavy atom. The number of aliphatic hydroxyl groups excluding tert-OH is 1. The Balaban J connectivity index is 2.03. The summed E-state index contributed by atoms with van der Waals surface area (Å²) in [5.74, 6) is 0. The molecule has 0 fully saturated rings. The molecule has 0 saturated carbocycles. The average Bonchev–Trinajstić information content (AvgIpc) is 2.95. The molecule has 1 aromatic heterocycles. The van der Waals surface area contributed by atoms with E-state index < -0.39 is 6.10 Å². The Kier molecular flexibility index (Phi) is 4.96. The van der Waals surface area contributed by atoms with E-state index in [0.717, 1.165) is 24.1 Å². The molecule has 0 radical (unpaired) electrons. The predicted molar refractivity (Wildman–Crippen MR) is 81.7 cm³/mol. The molecule has 1 heterocycles. The molecule has 2 aromatic rings. The van der Waals surface area contributed by atoms with E-state index >= 15 is 0 Å². The first-order valence-corrected chi connectivity index (χ1v) is 7.45. The van der Waals surface area contributed by atoms with Crippen molar-refractivity contribution in [3.8, 4) is 0 Å². The number of hydrogen-bond acceptors (Lipinski definition) is 2. The molecule has 0 bridgehead atoms. The van der Waals surface area contributed by atoms with Gasteiger partial charge in [-0.05, 0) is 37.0 Å². The molecule has 0 aliphatic rings. The number of benzene rings is 1. The number of hydrogen-bond donors (Lipinski definition) is 1. The van der Waals surface area contributed by atoms with Crippen LogP contribution < -0.4 is 0 Å². The second-order valence-corrected chi connectivity index (χ2v) is 5.36. The lowest BCUT2D eigenvalue weighted by Crippen LogP contribution is -2.07. The fraction of sp³-hybridized carbons (Fsp3) is 0.471. The van der Waals surface area contributed by atoms with E-state index in [-0.39, 0.29) is 0 Å². The minimum atomic E-state index is -0.485. The van der Waals surface area contributed by atoms with E-state index in [2.05, 4.69) is 38.0 Å². The molecule has 0 spiro atoms. The van der Waals surface area contributed by atoms with Crippen LogP contribution >= 0.6 is 0 Å². The van der Waals surface area contributed by atoms with Crippen LogP contribution in [0.2, 0.25) is 0 Å². The Morgan fingerprint density at radius 1 is 1.15 bits per heavy atom. The molecular formula is C17H24N2O. The topological polar surface area (TPSA) is 38.0 Å². The monoisotopic (exact) mass is 272 g/mol. The van der Waals surface area contributed by atoms with E-state index in [1.54, 1.807) is 0 Å². The fourth-order valence-corrected chi connectivity index (χ4v) is 2.21. The van der Waals surface area contributed by atoms with Crippen molar-refractivity contribution < 1.29 is 5.11 Å². The molecule has 0 aliphatic carbocycles. The summed E-state index contributed by atoms with van der Waals surface area (Å²) in [7, 11) is 0. The molecule has 0 saturated heterocycles. The quantitative estimate of drug-likeness (QED) is 0.871. The van der Waals surface area contributed by atoms with Gasteiger partial charge in [-0.1, -0.05) is 38.1 Å². The normalized spacial score (nSPS) is 14.2. The predicted octanol–water partition coefficient (Wildman–Crippen LogP) is 3.69. The first-order chi connectivity index (χ1) is 9.63. The van der Waals surface area contributed by atoms with Gasteiger partial charge in [-0.2, -0.15) is 5.10 Å². The standard InChI is InChI=1S/C17H24N2O/c1-4-13(3)19-11-10-16(18-19)12-17(20)15-8-6-14(5-2)7-9-15/h6-11,13,17,20H,4-5,12H2,1-3H3. The fourth-order valence-electron chi connectivity index (χ4n) is 2.21. The van der Waals surface area contributed by atoms with Gasteiger partial charge in [0.2, 0.25) is 0 Å². The van der Waals surface area contributed by atoms with Crippen molar-refractivity contribution >= 4 is 0 Å². The van der Waals surface area contributed by atoms with Crippen LogP contribution in [0.1, 0.15) is 56.2 Å². The molecule has 108 valence electrons. The SMILES string of the molecule is CCc1ccc(C(O)Cc2ccn(C(C)CC)n2)cc1. The van der Waals surface area contributed by atoms with Crippen LogP contribution in [0.3, 0.4) is 0 Å². The highest BCUT2D eigenvalue weighted by molar-refractivity contribution is 5.25. The summed E-state index contributed by atoms with van der Waals surface area (Å²) >= 11 is 0. The van der Waals surface area contributed by atoms with Gasteiger partial charge >= 0.3 is 0 Å². The van der Waals surface area contributed by atoms with Crippen molar-refractivity contribution in [1.29, 1.82) is 0 Å². The van der Waals surface area contributed by atoms with E-state index in [1.165, 1.54) is 5.56 Å². The summed E-state index contributed by atoms with van der Waals surface area (Å²) in [5.41, 5.74) is 3.19. The number of aryl methyl sites for hydroxylation is 1. The Hall–Kier alpha value is -1.61. The van der Waals surface area contributed by atoms with E-state index in [4.69, 9.17) is 0 Å². The van der Waals surface area contributed by atoms with Crippen molar-refractivity contribution in [2.75, 3.05) is 0 Å². The van der Waals surface area contributed by atoms with Gasteiger partial charge < -0.3 is 5.11 Å². The highest BCUT2D eigenvalue weighted by Gasteiger charge is 2.11. The zero-order valence-electron chi connectivity index (χ0n) is 12.6. The van der Waals surface area contributed by atoms with Gasteiger partial charge in [0.25, 0.3) is 0 Å². The summed E-state index contributed by atoms with van der Waals surface area (Å²) < 4.78 is 1.97. The molecule has 3 nitrogen and oxygen atoms in total. The third kappa shape index (κ3) is 3.48. The van der Waals surface area contributed by atoms with Crippen LogP contribution in [0.4, 0.5) is 0 Å². The third-order valence-corrected chi connectivity index (χ3v) is 3.88. The summed E-state index contributed by atoms with van der Waals surface area (Å²) in [4.78, 5) is 0. The molecule has 2 atom stereocenters. The first kappa shape index (κ1) is 14.8. The van der Waals surface area contributed by atoms with Gasteiger partial charge in [0.15, 0.2) is 0 Å². The largest absolute Gasteiger partial charge is 0.388 e. The summed E-state index contributed by atoms with van der Waals surface area (Å²) in [6.45, 7) is 6.43. The minimum Gasteiger partial charge on any atom is -0.388 e. The van der Waals surface area contributed by atoms with Crippen molar-refractivity contribution in [3.63, 3.8) is 0 Å². The van der Waals surface area contributed by atoms with Gasteiger partial charge in [0.05, 0.1) is 11.8 Å². The Morgan fingerprint density at radius 2 is 1.85 bits per heavy atom. The van der Waals surface area contributed by atoms with E-state index in [1.807, 2.05) is 29.1 Å². The smallest absolute Gasteiger partial charge is 0.0846 e. The molecule has 0 aliphatic heterocycles. The molecule has 20 heavy (non-hydrogen) atoms. The maximum atomic E-state index is 10.3. The van der Waals surface area contributed by atoms with Gasteiger partial charge in [-0.15, -0.1) is 0 Å². The maximum Gasteiger partial charge on any atom is 0.0846 e. The molecule has 2 rings (SSSR count). The molecule has 0 amide bonds. The highest BCUT2D eigenvalue weighted by Crippen LogP contribution is 2.19. The van der Waals surface area contributed by atoms with Gasteiger partial charge in [0.1, 0.15) is 0 Å². The number of rotatable bonds is 6. The molecular weight excluding hydrogens is 248 g/mol. The van der Waals surface area contributed by atoms with E-state index in [9.17, 15) is 5.11 Å². The number of aliphatic hydroxyl groups is 1. The van der Waals surface area contributed by atoms with Crippen molar-refractivity contribution in [2.45, 2.75) is 52.2 Å². The summed E-state index contributed by atoms with van der Waals surface area (Å²) in [6.07, 6.45) is 4.16. The second kappa shape index (κ2) is 6.71. The van der Waals surface area contributed by atoms with Crippen molar-refractivity contribution in [3.05, 3.63) is 53.3 Å². The summed E-state index contributed by atoms with van der Waals surface area (Å²) in [5, 5.41) is 14.8. The minimum absolute atomic E-state index is 0.407. The molecule has 3 heteroatoms. The average molecular weight is 272 g/mol. The molecule has 2 unspecified atom stereocenters. The van der Waals surface area contributed by atoms with Gasteiger partial charge in [-0.25, -0.2) is 0 Å². The van der Waals surface area contributed by atoms with Crippen LogP contribution in [-0.4, -0.2) is 14.9 Å². The lowest BCUT2D eigenvalue weighted by Gasteiger charge is -2.11. The van der Waals surface area contributed by atoms with Crippen LogP contribution in [0.5, 0.6) is 0 Å². The maximum absolute atomic E-state index is 10.3. The number of nitrogens with zero attached hydrogens (tertiary/aromatic N) is 2. The second-order valence-electron chi connectivity index (χ2n) is 5.36. The third-order valence-electron chi connectivity index (χ3n) is 3.88. The zero-order valence-corrected chi connectivity index (χ0v) is 12.6. The van der Waals surface area contributed by atoms with Crippen molar-refractivity contribution in [2.24, 2.45) is 0 Å². The summed E-state index contributed by atoms with van der Waals surface area (Å²) in [6, 6.07) is 10.6. The zero-order chi connectivity index (χ0) is 14.5. The molecule has 1 aromatic carbocycles. The lowest BCUT2D eigenvalue weighted by atomic mass is 10.0. The van der Waals surface area contributed by atoms with Crippen LogP contribution in [0.25, 0.3) is 0 Å². The van der Waals surface area contributed by atoms with Crippen LogP contribution in [-0.2, 0) is 12.8 Å². The van der Waals surface area contributed by atoms with Crippen LogP contribution in [0.15, 0.2) is 36.5 Å². The highest BCUT2D eigenvalue weighted by atomic mass is 16.3. The lowest BCUT2D eigenvalue weighted by molar-refractivity contribution is 0.177. The van der Waals surface area contributed by atoms with E-state index in [0.29, 0.717) is 12.5 Å². The first-order valence-electron chi connectivity index (χ1n) is 7.45. The molecule has 1 N–H and O–H groups in total. The number of aromatic nitrogens is 2.